The van der Waals surface area contributed by atoms with Crippen LogP contribution in [0.15, 0.2) is 30.6 Å². The normalized spacial score (nSPS) is 12.0. The van der Waals surface area contributed by atoms with E-state index in [4.69, 9.17) is 9.47 Å². The smallest absolute Gasteiger partial charge is 0.248 e. The van der Waals surface area contributed by atoms with Gasteiger partial charge in [0.05, 0.1) is 13.7 Å². The van der Waals surface area contributed by atoms with Crippen molar-refractivity contribution in [3.05, 3.63) is 42.0 Å². The first-order valence-corrected chi connectivity index (χ1v) is 8.03. The Bertz CT molecular complexity index is 657. The molecule has 1 amide bonds. The van der Waals surface area contributed by atoms with Crippen molar-refractivity contribution in [1.29, 1.82) is 0 Å². The Hall–Kier alpha value is -2.41. The molecule has 1 aromatic heterocycles. The number of rotatable bonds is 9. The lowest BCUT2D eigenvalue weighted by Crippen LogP contribution is -2.36. The second-order valence-electron chi connectivity index (χ2n) is 5.39. The maximum atomic E-state index is 12.1. The number of nitrogens with zero attached hydrogens (tertiary/aromatic N) is 3. The molecule has 130 valence electrons. The number of aromatic nitrogens is 3. The third kappa shape index (κ3) is 5.06. The highest BCUT2D eigenvalue weighted by molar-refractivity contribution is 5.80. The van der Waals surface area contributed by atoms with Crippen LogP contribution in [0.25, 0.3) is 0 Å². The van der Waals surface area contributed by atoms with Gasteiger partial charge < -0.3 is 19.4 Å². The Labute approximate surface area is 142 Å². The molecule has 1 unspecified atom stereocenters. The third-order valence-electron chi connectivity index (χ3n) is 3.67. The summed E-state index contributed by atoms with van der Waals surface area (Å²) in [5, 5.41) is 10.7. The molecule has 1 N–H and O–H groups in total. The van der Waals surface area contributed by atoms with Crippen LogP contribution in [0.3, 0.4) is 0 Å². The van der Waals surface area contributed by atoms with Crippen molar-refractivity contribution in [2.45, 2.75) is 39.5 Å². The number of benzene rings is 1. The van der Waals surface area contributed by atoms with E-state index in [2.05, 4.69) is 15.5 Å². The minimum atomic E-state index is -0.525. The van der Waals surface area contributed by atoms with E-state index in [0.717, 1.165) is 23.6 Å². The van der Waals surface area contributed by atoms with Crippen LogP contribution in [0.1, 0.15) is 25.2 Å². The van der Waals surface area contributed by atoms with Crippen LogP contribution in [-0.4, -0.2) is 40.4 Å². The van der Waals surface area contributed by atoms with Gasteiger partial charge in [-0.2, -0.15) is 0 Å². The lowest BCUT2D eigenvalue weighted by atomic mass is 10.2. The number of hydrogen-bond acceptors (Lipinski definition) is 5. The summed E-state index contributed by atoms with van der Waals surface area (Å²) in [5.41, 5.74) is 0.964. The van der Waals surface area contributed by atoms with E-state index in [1.165, 1.54) is 0 Å². The standard InChI is InChI=1S/C17H24N4O3/c1-4-16-20-19-12-21(16)9-8-18-17(22)13(2)24-11-14-6-5-7-15(10-14)23-3/h5-7,10,12-13H,4,8-9,11H2,1-3H3,(H,18,22). The van der Waals surface area contributed by atoms with E-state index in [0.29, 0.717) is 19.7 Å². The van der Waals surface area contributed by atoms with Gasteiger partial charge in [-0.15, -0.1) is 10.2 Å². The fourth-order valence-corrected chi connectivity index (χ4v) is 2.24. The molecule has 0 saturated carbocycles. The number of aryl methyl sites for hydroxylation is 1. The Balaban J connectivity index is 1.73. The largest absolute Gasteiger partial charge is 0.497 e. The number of carbonyl (C=O) groups is 1. The summed E-state index contributed by atoms with van der Waals surface area (Å²) in [4.78, 5) is 12.1. The van der Waals surface area contributed by atoms with Crippen molar-refractivity contribution in [2.75, 3.05) is 13.7 Å². The first-order chi connectivity index (χ1) is 11.6. The van der Waals surface area contributed by atoms with Gasteiger partial charge in [0.15, 0.2) is 0 Å². The average molecular weight is 332 g/mol. The van der Waals surface area contributed by atoms with Crippen LogP contribution in [0, 0.1) is 0 Å². The molecule has 0 fully saturated rings. The summed E-state index contributed by atoms with van der Waals surface area (Å²) < 4.78 is 12.7. The molecule has 0 bridgehead atoms. The number of carbonyl (C=O) groups excluding carboxylic acids is 1. The van der Waals surface area contributed by atoms with Crippen molar-refractivity contribution in [2.24, 2.45) is 0 Å². The Morgan fingerprint density at radius 3 is 3.00 bits per heavy atom. The van der Waals surface area contributed by atoms with Crippen LogP contribution in [0.2, 0.25) is 0 Å². The predicted molar refractivity (Wildman–Crippen MR) is 89.7 cm³/mol. The molecule has 0 aliphatic heterocycles. The van der Waals surface area contributed by atoms with Crippen LogP contribution in [-0.2, 0) is 29.1 Å². The molecule has 2 rings (SSSR count). The summed E-state index contributed by atoms with van der Waals surface area (Å²) in [6.07, 6.45) is 1.96. The topological polar surface area (TPSA) is 78.3 Å². The number of nitrogens with one attached hydrogen (secondary N) is 1. The molecular formula is C17H24N4O3. The van der Waals surface area contributed by atoms with Gasteiger partial charge >= 0.3 is 0 Å². The summed E-state index contributed by atoms with van der Waals surface area (Å²) in [6, 6.07) is 7.59. The Kier molecular flexibility index (Phi) is 6.74. The van der Waals surface area contributed by atoms with Gasteiger partial charge in [-0.3, -0.25) is 4.79 Å². The first kappa shape index (κ1) is 17.9. The maximum absolute atomic E-state index is 12.1. The molecule has 2 aromatic rings. The van der Waals surface area contributed by atoms with Gasteiger partial charge in [0.25, 0.3) is 0 Å². The molecule has 0 aliphatic carbocycles. The van der Waals surface area contributed by atoms with Gasteiger partial charge in [-0.25, -0.2) is 0 Å². The fourth-order valence-electron chi connectivity index (χ4n) is 2.24. The highest BCUT2D eigenvalue weighted by Gasteiger charge is 2.13. The quantitative estimate of drug-likeness (QED) is 0.754. The molecule has 24 heavy (non-hydrogen) atoms. The summed E-state index contributed by atoms with van der Waals surface area (Å²) in [6.45, 7) is 5.28. The molecule has 7 nitrogen and oxygen atoms in total. The molecule has 0 radical (unpaired) electrons. The van der Waals surface area contributed by atoms with Crippen molar-refractivity contribution in [3.63, 3.8) is 0 Å². The Morgan fingerprint density at radius 1 is 1.42 bits per heavy atom. The second-order valence-corrected chi connectivity index (χ2v) is 5.39. The number of hydrogen-bond donors (Lipinski definition) is 1. The van der Waals surface area contributed by atoms with Crippen molar-refractivity contribution < 1.29 is 14.3 Å². The van der Waals surface area contributed by atoms with Gasteiger partial charge in [0, 0.05) is 19.5 Å². The van der Waals surface area contributed by atoms with E-state index < -0.39 is 6.10 Å². The minimum absolute atomic E-state index is 0.135. The van der Waals surface area contributed by atoms with E-state index in [-0.39, 0.29) is 5.91 Å². The average Bonchev–Trinajstić information content (AvgIpc) is 3.07. The maximum Gasteiger partial charge on any atom is 0.248 e. The van der Waals surface area contributed by atoms with Crippen molar-refractivity contribution in [3.8, 4) is 5.75 Å². The molecule has 1 heterocycles. The zero-order chi connectivity index (χ0) is 17.4. The van der Waals surface area contributed by atoms with E-state index in [9.17, 15) is 4.79 Å². The number of methoxy groups -OCH3 is 1. The summed E-state index contributed by atoms with van der Waals surface area (Å²) in [7, 11) is 1.62. The fraction of sp³-hybridized carbons (Fsp3) is 0.471. The molecule has 0 saturated heterocycles. The van der Waals surface area contributed by atoms with Crippen LogP contribution in [0.4, 0.5) is 0 Å². The number of amides is 1. The SMILES string of the molecule is CCc1nncn1CCNC(=O)C(C)OCc1cccc(OC)c1. The van der Waals surface area contributed by atoms with E-state index in [1.807, 2.05) is 35.8 Å². The Morgan fingerprint density at radius 2 is 2.25 bits per heavy atom. The van der Waals surface area contributed by atoms with Crippen molar-refractivity contribution >= 4 is 5.91 Å². The van der Waals surface area contributed by atoms with Crippen molar-refractivity contribution in [1.82, 2.24) is 20.1 Å². The molecule has 1 atom stereocenters. The lowest BCUT2D eigenvalue weighted by Gasteiger charge is -2.14. The van der Waals surface area contributed by atoms with E-state index >= 15 is 0 Å². The summed E-state index contributed by atoms with van der Waals surface area (Å²) in [5.74, 6) is 1.55. The van der Waals surface area contributed by atoms with Gasteiger partial charge in [0.1, 0.15) is 24.0 Å². The van der Waals surface area contributed by atoms with Gasteiger partial charge in [-0.05, 0) is 24.6 Å². The van der Waals surface area contributed by atoms with Gasteiger partial charge in [0.2, 0.25) is 5.91 Å². The number of ether oxygens (including phenoxy) is 2. The summed E-state index contributed by atoms with van der Waals surface area (Å²) >= 11 is 0. The molecule has 0 aliphatic rings. The second kappa shape index (κ2) is 9.02. The lowest BCUT2D eigenvalue weighted by molar-refractivity contribution is -0.132. The zero-order valence-electron chi connectivity index (χ0n) is 14.4. The van der Waals surface area contributed by atoms with Crippen LogP contribution < -0.4 is 10.1 Å². The van der Waals surface area contributed by atoms with Crippen LogP contribution >= 0.6 is 0 Å². The molecule has 7 heteroatoms. The molecule has 1 aromatic carbocycles. The van der Waals surface area contributed by atoms with Gasteiger partial charge in [-0.1, -0.05) is 19.1 Å². The highest BCUT2D eigenvalue weighted by atomic mass is 16.5. The highest BCUT2D eigenvalue weighted by Crippen LogP contribution is 2.13. The monoisotopic (exact) mass is 332 g/mol. The molecule has 0 spiro atoms. The van der Waals surface area contributed by atoms with E-state index in [1.54, 1.807) is 20.4 Å². The minimum Gasteiger partial charge on any atom is -0.497 e. The molecular weight excluding hydrogens is 308 g/mol. The predicted octanol–water partition coefficient (Wildman–Crippen LogP) is 1.57. The zero-order valence-corrected chi connectivity index (χ0v) is 14.4. The first-order valence-electron chi connectivity index (χ1n) is 8.03. The third-order valence-corrected chi connectivity index (χ3v) is 3.67. The van der Waals surface area contributed by atoms with Crippen LogP contribution in [0.5, 0.6) is 5.75 Å².